The molecule has 5 heteroatoms. The van der Waals surface area contributed by atoms with E-state index < -0.39 is 0 Å². The number of nitrogens with zero attached hydrogens (tertiary/aromatic N) is 1. The summed E-state index contributed by atoms with van der Waals surface area (Å²) in [6.45, 7) is 6.93. The van der Waals surface area contributed by atoms with Gasteiger partial charge in [-0.2, -0.15) is 0 Å². The summed E-state index contributed by atoms with van der Waals surface area (Å²) in [4.78, 5) is 3.55. The van der Waals surface area contributed by atoms with Gasteiger partial charge in [0.15, 0.2) is 4.93 Å². The number of thioether (sulfide) groups is 1. The molecule has 2 aliphatic rings. The quantitative estimate of drug-likeness (QED) is 0.202. The summed E-state index contributed by atoms with van der Waals surface area (Å²) >= 11 is 1.96. The molecule has 2 aromatic carbocycles. The maximum absolute atomic E-state index is 10.4. The number of ether oxygens (including phenoxy) is 1. The molecule has 1 N–H and O–H groups in total. The minimum absolute atomic E-state index is 0. The number of aryl methyl sites for hydroxylation is 2. The normalized spacial score (nSPS) is 20.0. The smallest absolute Gasteiger partial charge is 0.159 e. The molecule has 0 bridgehead atoms. The van der Waals surface area contributed by atoms with Crippen molar-refractivity contribution in [1.29, 1.82) is 0 Å². The zero-order valence-electron chi connectivity index (χ0n) is 24.6. The number of halogens is 1. The van der Waals surface area contributed by atoms with Gasteiger partial charge in [-0.3, -0.25) is 4.90 Å². The molecular weight excluding hydrogens is 522 g/mol. The zero-order valence-corrected chi connectivity index (χ0v) is 26.3. The van der Waals surface area contributed by atoms with E-state index in [1.165, 1.54) is 79.4 Å². The van der Waals surface area contributed by atoms with Crippen LogP contribution in [0, 0.1) is 0 Å². The summed E-state index contributed by atoms with van der Waals surface area (Å²) in [7, 11) is 0. The van der Waals surface area contributed by atoms with Crippen LogP contribution in [-0.2, 0) is 12.8 Å². The molecule has 2 aromatic rings. The molecular formula is C34H52ClNO2S. The second-order valence-electron chi connectivity index (χ2n) is 11.6. The SMILES string of the molecule is CCCCCCc1ccc(CCC2CCC(c3ccc4c(c3)SC(CCCC)(CCCC)O4)N2CO)cc1.Cl. The second kappa shape index (κ2) is 16.3. The lowest BCUT2D eigenvalue weighted by Crippen LogP contribution is -2.32. The van der Waals surface area contributed by atoms with Gasteiger partial charge in [0.1, 0.15) is 5.75 Å². The van der Waals surface area contributed by atoms with Crippen LogP contribution in [-0.4, -0.2) is 27.7 Å². The number of benzene rings is 2. The Kier molecular flexibility index (Phi) is 13.5. The Morgan fingerprint density at radius 2 is 1.51 bits per heavy atom. The van der Waals surface area contributed by atoms with E-state index in [-0.39, 0.29) is 24.1 Å². The molecule has 0 saturated carbocycles. The number of likely N-dealkylation sites (tertiary alicyclic amines) is 1. The predicted octanol–water partition coefficient (Wildman–Crippen LogP) is 9.88. The monoisotopic (exact) mass is 573 g/mol. The van der Waals surface area contributed by atoms with Gasteiger partial charge in [-0.1, -0.05) is 95.0 Å². The number of unbranched alkanes of at least 4 members (excludes halogenated alkanes) is 5. The summed E-state index contributed by atoms with van der Waals surface area (Å²) in [5.41, 5.74) is 4.23. The van der Waals surface area contributed by atoms with Crippen LogP contribution in [0.1, 0.15) is 127 Å². The van der Waals surface area contributed by atoms with E-state index in [1.54, 1.807) is 0 Å². The standard InChI is InChI=1S/C34H51NO2S.ClH/c1-4-7-10-11-12-27-13-15-28(16-14-27)17-19-30-20-21-31(35(30)26-36)29-18-22-32-33(25-29)38-34(37-32,23-8-5-2)24-9-6-3;/h13-16,18,22,25,30-31,36H,4-12,17,19-21,23-24,26H2,1-3H3;1H. The Morgan fingerprint density at radius 1 is 0.846 bits per heavy atom. The molecule has 39 heavy (non-hydrogen) atoms. The van der Waals surface area contributed by atoms with Gasteiger partial charge in [-0.25, -0.2) is 0 Å². The fourth-order valence-corrected chi connectivity index (χ4v) is 7.75. The molecule has 4 rings (SSSR count). The first-order valence-electron chi connectivity index (χ1n) is 15.6. The van der Waals surface area contributed by atoms with Crippen molar-refractivity contribution in [2.75, 3.05) is 6.73 Å². The Hall–Kier alpha value is -1.20. The molecule has 0 amide bonds. The van der Waals surface area contributed by atoms with Crippen LogP contribution in [0.2, 0.25) is 0 Å². The molecule has 0 radical (unpaired) electrons. The van der Waals surface area contributed by atoms with E-state index in [2.05, 4.69) is 68.1 Å². The van der Waals surface area contributed by atoms with Gasteiger partial charge in [-0.15, -0.1) is 12.4 Å². The summed E-state index contributed by atoms with van der Waals surface area (Å²) in [6, 6.07) is 16.9. The summed E-state index contributed by atoms with van der Waals surface area (Å²) in [6.07, 6.45) is 18.0. The van der Waals surface area contributed by atoms with E-state index in [4.69, 9.17) is 4.74 Å². The zero-order chi connectivity index (χ0) is 26.8. The van der Waals surface area contributed by atoms with Gasteiger partial charge in [0.2, 0.25) is 0 Å². The van der Waals surface area contributed by atoms with Crippen LogP contribution < -0.4 is 4.74 Å². The van der Waals surface area contributed by atoms with Crippen LogP contribution >= 0.6 is 24.2 Å². The average molecular weight is 574 g/mol. The molecule has 0 aliphatic carbocycles. The van der Waals surface area contributed by atoms with Gasteiger partial charge in [-0.05, 0) is 93.0 Å². The molecule has 2 unspecified atom stereocenters. The van der Waals surface area contributed by atoms with Crippen molar-refractivity contribution in [3.8, 4) is 5.75 Å². The summed E-state index contributed by atoms with van der Waals surface area (Å²) < 4.78 is 6.62. The van der Waals surface area contributed by atoms with E-state index in [1.807, 2.05) is 11.8 Å². The Labute approximate surface area is 248 Å². The molecule has 218 valence electrons. The highest BCUT2D eigenvalue weighted by atomic mass is 35.5. The number of aliphatic hydroxyl groups is 1. The molecule has 3 nitrogen and oxygen atoms in total. The van der Waals surface area contributed by atoms with Gasteiger partial charge < -0.3 is 9.84 Å². The van der Waals surface area contributed by atoms with Crippen molar-refractivity contribution in [3.05, 3.63) is 59.2 Å². The van der Waals surface area contributed by atoms with Crippen molar-refractivity contribution in [3.63, 3.8) is 0 Å². The topological polar surface area (TPSA) is 32.7 Å². The molecule has 2 aliphatic heterocycles. The molecule has 0 aromatic heterocycles. The lowest BCUT2D eigenvalue weighted by Gasteiger charge is -2.28. The van der Waals surface area contributed by atoms with Crippen molar-refractivity contribution >= 4 is 24.2 Å². The van der Waals surface area contributed by atoms with Crippen LogP contribution in [0.4, 0.5) is 0 Å². The molecule has 0 spiro atoms. The van der Waals surface area contributed by atoms with Crippen molar-refractivity contribution in [2.24, 2.45) is 0 Å². The van der Waals surface area contributed by atoms with E-state index >= 15 is 0 Å². The van der Waals surface area contributed by atoms with Crippen LogP contribution in [0.5, 0.6) is 5.75 Å². The van der Waals surface area contributed by atoms with E-state index in [0.717, 1.165) is 44.3 Å². The van der Waals surface area contributed by atoms with Gasteiger partial charge >= 0.3 is 0 Å². The number of hydrogen-bond acceptors (Lipinski definition) is 4. The highest BCUT2D eigenvalue weighted by molar-refractivity contribution is 8.00. The van der Waals surface area contributed by atoms with Crippen molar-refractivity contribution in [2.45, 2.75) is 139 Å². The number of rotatable bonds is 16. The first-order valence-corrected chi connectivity index (χ1v) is 16.4. The minimum Gasteiger partial charge on any atom is -0.475 e. The van der Waals surface area contributed by atoms with Gasteiger partial charge in [0.25, 0.3) is 0 Å². The fourth-order valence-electron chi connectivity index (χ4n) is 6.32. The first-order chi connectivity index (χ1) is 18.6. The number of hydrogen-bond donors (Lipinski definition) is 1. The third-order valence-electron chi connectivity index (χ3n) is 8.68. The van der Waals surface area contributed by atoms with E-state index in [9.17, 15) is 5.11 Å². The Balaban J connectivity index is 0.00000420. The van der Waals surface area contributed by atoms with Crippen LogP contribution in [0.3, 0.4) is 0 Å². The molecule has 1 fully saturated rings. The van der Waals surface area contributed by atoms with Crippen LogP contribution in [0.25, 0.3) is 0 Å². The maximum Gasteiger partial charge on any atom is 0.159 e. The molecule has 2 atom stereocenters. The molecule has 2 heterocycles. The number of fused-ring (bicyclic) bond motifs is 1. The van der Waals surface area contributed by atoms with Crippen molar-refractivity contribution < 1.29 is 9.84 Å². The third kappa shape index (κ3) is 8.64. The largest absolute Gasteiger partial charge is 0.475 e. The summed E-state index contributed by atoms with van der Waals surface area (Å²) in [5, 5.41) is 10.4. The number of aliphatic hydroxyl groups excluding tert-OH is 1. The Morgan fingerprint density at radius 3 is 2.15 bits per heavy atom. The Bertz CT molecular complexity index is 974. The van der Waals surface area contributed by atoms with Crippen LogP contribution in [0.15, 0.2) is 47.4 Å². The first kappa shape index (κ1) is 32.3. The van der Waals surface area contributed by atoms with E-state index in [0.29, 0.717) is 12.1 Å². The van der Waals surface area contributed by atoms with Crippen molar-refractivity contribution in [1.82, 2.24) is 4.90 Å². The average Bonchev–Trinajstić information content (AvgIpc) is 3.53. The summed E-state index contributed by atoms with van der Waals surface area (Å²) in [5.74, 6) is 1.06. The van der Waals surface area contributed by atoms with Gasteiger partial charge in [0, 0.05) is 12.1 Å². The second-order valence-corrected chi connectivity index (χ2v) is 13.0. The lowest BCUT2D eigenvalue weighted by molar-refractivity contribution is 0.0596. The minimum atomic E-state index is -0.0904. The lowest BCUT2D eigenvalue weighted by atomic mass is 10.0. The highest BCUT2D eigenvalue weighted by Gasteiger charge is 2.40. The predicted molar refractivity (Wildman–Crippen MR) is 169 cm³/mol. The highest BCUT2D eigenvalue weighted by Crippen LogP contribution is 2.53. The molecule has 1 saturated heterocycles. The third-order valence-corrected chi connectivity index (χ3v) is 10.1. The van der Waals surface area contributed by atoms with Gasteiger partial charge in [0.05, 0.1) is 11.6 Å². The maximum atomic E-state index is 10.4. The fraction of sp³-hybridized carbons (Fsp3) is 0.647.